The number of hydrogen-bond donors (Lipinski definition) is 4. The van der Waals surface area contributed by atoms with Gasteiger partial charge in [0.25, 0.3) is 0 Å². The molecule has 26 heavy (non-hydrogen) atoms. The molecule has 0 rings (SSSR count). The van der Waals surface area contributed by atoms with E-state index >= 15 is 0 Å². The lowest BCUT2D eigenvalue weighted by Gasteiger charge is -2.07. The fourth-order valence-corrected chi connectivity index (χ4v) is 2.73. The minimum Gasteiger partial charge on any atom is -0.370 e. The van der Waals surface area contributed by atoms with Crippen molar-refractivity contribution < 1.29 is 9.59 Å². The summed E-state index contributed by atoms with van der Waals surface area (Å²) in [4.78, 5) is 22.3. The van der Waals surface area contributed by atoms with Gasteiger partial charge in [-0.3, -0.25) is 9.59 Å². The Morgan fingerprint density at radius 2 is 1.23 bits per heavy atom. The van der Waals surface area contributed by atoms with E-state index in [2.05, 4.69) is 22.9 Å². The first-order chi connectivity index (χ1) is 12.7. The van der Waals surface area contributed by atoms with Crippen LogP contribution in [0.25, 0.3) is 0 Å². The quantitative estimate of drug-likeness (QED) is 0.248. The molecule has 2 amide bonds. The molecular formula is C20H42N4O2. The molecule has 0 aromatic rings. The highest BCUT2D eigenvalue weighted by molar-refractivity contribution is 5.76. The molecule has 0 aromatic heterocycles. The third kappa shape index (κ3) is 20.9. The number of hydrogen-bond acceptors (Lipinski definition) is 4. The lowest BCUT2D eigenvalue weighted by Crippen LogP contribution is -2.32. The fraction of sp³-hybridized carbons (Fsp3) is 0.900. The van der Waals surface area contributed by atoms with Crippen molar-refractivity contribution in [1.29, 1.82) is 0 Å². The zero-order chi connectivity index (χ0) is 19.3. The van der Waals surface area contributed by atoms with E-state index in [-0.39, 0.29) is 11.8 Å². The number of unbranched alkanes of at least 4 members (excludes halogenated alkanes) is 8. The first-order valence-electron chi connectivity index (χ1n) is 10.6. The Hall–Kier alpha value is -1.14. The molecule has 0 saturated heterocycles. The third-order valence-electron chi connectivity index (χ3n) is 4.39. The summed E-state index contributed by atoms with van der Waals surface area (Å²) in [5.74, 6) is -0.0480. The molecule has 6 heteroatoms. The zero-order valence-corrected chi connectivity index (χ0v) is 16.9. The van der Waals surface area contributed by atoms with E-state index in [0.717, 1.165) is 52.0 Å². The molecular weight excluding hydrogens is 328 g/mol. The first kappa shape index (κ1) is 24.9. The van der Waals surface area contributed by atoms with Crippen LogP contribution in [0.5, 0.6) is 0 Å². The van der Waals surface area contributed by atoms with Gasteiger partial charge in [0.05, 0.1) is 0 Å². The first-order valence-corrected chi connectivity index (χ1v) is 10.6. The maximum absolute atomic E-state index is 11.7. The second-order valence-electron chi connectivity index (χ2n) is 7.00. The van der Waals surface area contributed by atoms with Crippen LogP contribution in [-0.4, -0.2) is 44.5 Å². The summed E-state index contributed by atoms with van der Waals surface area (Å²) in [5, 5.41) is 9.65. The minimum absolute atomic E-state index is 0.144. The van der Waals surface area contributed by atoms with Crippen LogP contribution in [0, 0.1) is 0 Å². The van der Waals surface area contributed by atoms with E-state index in [1.165, 1.54) is 44.9 Å². The third-order valence-corrected chi connectivity index (χ3v) is 4.39. The number of nitrogens with one attached hydrogen (secondary N) is 3. The van der Waals surface area contributed by atoms with Crippen molar-refractivity contribution in [3.05, 3.63) is 0 Å². The van der Waals surface area contributed by atoms with Crippen LogP contribution in [-0.2, 0) is 9.59 Å². The highest BCUT2D eigenvalue weighted by Crippen LogP contribution is 2.09. The van der Waals surface area contributed by atoms with Crippen molar-refractivity contribution in [2.45, 2.75) is 84.0 Å². The van der Waals surface area contributed by atoms with Crippen LogP contribution in [0.15, 0.2) is 0 Å². The highest BCUT2D eigenvalue weighted by Gasteiger charge is 2.00. The molecule has 0 radical (unpaired) electrons. The summed E-state index contributed by atoms with van der Waals surface area (Å²) in [5.41, 5.74) is 5.11. The Morgan fingerprint density at radius 1 is 0.654 bits per heavy atom. The summed E-state index contributed by atoms with van der Waals surface area (Å²) >= 11 is 0. The molecule has 0 unspecified atom stereocenters. The Kier molecular flexibility index (Phi) is 19.3. The summed E-state index contributed by atoms with van der Waals surface area (Å²) < 4.78 is 0. The average molecular weight is 371 g/mol. The smallest absolute Gasteiger partial charge is 0.221 e. The van der Waals surface area contributed by atoms with Gasteiger partial charge in [0.2, 0.25) is 11.8 Å². The van der Waals surface area contributed by atoms with Crippen LogP contribution in [0.1, 0.15) is 84.0 Å². The Balaban J connectivity index is 3.16. The van der Waals surface area contributed by atoms with Crippen molar-refractivity contribution >= 4 is 11.8 Å². The van der Waals surface area contributed by atoms with Gasteiger partial charge in [-0.2, -0.15) is 0 Å². The molecule has 0 spiro atoms. The molecule has 0 heterocycles. The van der Waals surface area contributed by atoms with E-state index in [0.29, 0.717) is 12.8 Å². The summed E-state index contributed by atoms with van der Waals surface area (Å²) in [6.07, 6.45) is 12.6. The second kappa shape index (κ2) is 20.2. The summed E-state index contributed by atoms with van der Waals surface area (Å²) in [6.45, 7) is 6.68. The number of carbonyl (C=O) groups is 2. The van der Waals surface area contributed by atoms with Crippen LogP contribution in [0.3, 0.4) is 0 Å². The molecule has 0 bridgehead atoms. The molecule has 0 aliphatic carbocycles. The molecule has 5 N–H and O–H groups in total. The maximum Gasteiger partial charge on any atom is 0.221 e. The summed E-state index contributed by atoms with van der Waals surface area (Å²) in [6, 6.07) is 0. The van der Waals surface area contributed by atoms with Gasteiger partial charge >= 0.3 is 0 Å². The molecule has 0 saturated carbocycles. The Morgan fingerprint density at radius 3 is 1.85 bits per heavy atom. The number of primary amides is 1. The standard InChI is InChI=1S/C20H42N4O2/c1-2-3-14-22-17-18-23-16-13-20(26)24-15-11-9-7-5-4-6-8-10-12-19(21)25/h22-23H,2-18H2,1H3,(H2,21,25)(H,24,26). The fourth-order valence-electron chi connectivity index (χ4n) is 2.73. The molecule has 0 aromatic carbocycles. The van der Waals surface area contributed by atoms with Gasteiger partial charge in [-0.25, -0.2) is 0 Å². The molecule has 6 nitrogen and oxygen atoms in total. The highest BCUT2D eigenvalue weighted by atomic mass is 16.1. The lowest BCUT2D eigenvalue weighted by atomic mass is 10.1. The SMILES string of the molecule is CCCCNCCNCCC(=O)NCCCCCCCCCCC(N)=O. The van der Waals surface area contributed by atoms with Gasteiger partial charge in [-0.1, -0.05) is 51.9 Å². The minimum atomic E-state index is -0.192. The predicted octanol–water partition coefficient (Wildman–Crippen LogP) is 2.47. The van der Waals surface area contributed by atoms with Crippen molar-refractivity contribution in [2.75, 3.05) is 32.7 Å². The normalized spacial score (nSPS) is 10.8. The maximum atomic E-state index is 11.7. The number of rotatable bonds is 20. The number of nitrogens with two attached hydrogens (primary N) is 1. The van der Waals surface area contributed by atoms with Crippen LogP contribution >= 0.6 is 0 Å². The average Bonchev–Trinajstić information content (AvgIpc) is 2.61. The monoisotopic (exact) mass is 370 g/mol. The molecule has 0 fully saturated rings. The number of amides is 2. The van der Waals surface area contributed by atoms with Crippen molar-refractivity contribution in [3.8, 4) is 0 Å². The molecule has 0 aliphatic heterocycles. The van der Waals surface area contributed by atoms with Crippen molar-refractivity contribution in [2.24, 2.45) is 5.73 Å². The van der Waals surface area contributed by atoms with Crippen LogP contribution < -0.4 is 21.7 Å². The van der Waals surface area contributed by atoms with Gasteiger partial charge in [-0.15, -0.1) is 0 Å². The van der Waals surface area contributed by atoms with E-state index in [9.17, 15) is 9.59 Å². The van der Waals surface area contributed by atoms with E-state index in [1.807, 2.05) is 0 Å². The van der Waals surface area contributed by atoms with E-state index in [4.69, 9.17) is 5.73 Å². The van der Waals surface area contributed by atoms with Crippen LogP contribution in [0.4, 0.5) is 0 Å². The zero-order valence-electron chi connectivity index (χ0n) is 16.9. The summed E-state index contributed by atoms with van der Waals surface area (Å²) in [7, 11) is 0. The van der Waals surface area contributed by atoms with Gasteiger partial charge in [0.1, 0.15) is 0 Å². The lowest BCUT2D eigenvalue weighted by molar-refractivity contribution is -0.121. The van der Waals surface area contributed by atoms with Crippen LogP contribution in [0.2, 0.25) is 0 Å². The van der Waals surface area contributed by atoms with Crippen molar-refractivity contribution in [3.63, 3.8) is 0 Å². The van der Waals surface area contributed by atoms with Gasteiger partial charge in [0.15, 0.2) is 0 Å². The topological polar surface area (TPSA) is 96.2 Å². The van der Waals surface area contributed by atoms with E-state index in [1.54, 1.807) is 0 Å². The Bertz CT molecular complexity index is 338. The molecule has 154 valence electrons. The molecule has 0 atom stereocenters. The Labute approximate surface area is 160 Å². The van der Waals surface area contributed by atoms with E-state index < -0.39 is 0 Å². The van der Waals surface area contributed by atoms with Gasteiger partial charge in [-0.05, 0) is 25.8 Å². The number of carbonyl (C=O) groups excluding carboxylic acids is 2. The van der Waals surface area contributed by atoms with Gasteiger partial charge < -0.3 is 21.7 Å². The predicted molar refractivity (Wildman–Crippen MR) is 109 cm³/mol. The van der Waals surface area contributed by atoms with Gasteiger partial charge in [0, 0.05) is 39.0 Å². The molecule has 0 aliphatic rings. The van der Waals surface area contributed by atoms with Crippen molar-refractivity contribution in [1.82, 2.24) is 16.0 Å². The second-order valence-corrected chi connectivity index (χ2v) is 7.00. The largest absolute Gasteiger partial charge is 0.370 e.